The Bertz CT molecular complexity index is 819. The van der Waals surface area contributed by atoms with E-state index in [2.05, 4.69) is 29.1 Å². The standard InChI is InChI=1S/C28H41N3O2/c1-3-30(2)20-12-5-4-6-13-21-31-22-18-25(19-23-31)33-28(32)29-27-17-11-10-16-26(27)24-14-8-7-9-15-24/h7-11,14-17,25H,3-6,12-13,18-23H2,1-2H3,(H,29,32). The number of amides is 1. The number of unbranched alkanes of at least 4 members (excludes halogenated alkanes) is 4. The number of piperidine rings is 1. The van der Waals surface area contributed by atoms with Gasteiger partial charge in [-0.2, -0.15) is 0 Å². The van der Waals surface area contributed by atoms with Crippen LogP contribution in [0.3, 0.4) is 0 Å². The van der Waals surface area contributed by atoms with Gasteiger partial charge in [-0.3, -0.25) is 5.32 Å². The highest BCUT2D eigenvalue weighted by molar-refractivity contribution is 5.91. The summed E-state index contributed by atoms with van der Waals surface area (Å²) in [6, 6.07) is 18.0. The summed E-state index contributed by atoms with van der Waals surface area (Å²) < 4.78 is 5.75. The molecule has 5 heteroatoms. The van der Waals surface area contributed by atoms with Crippen molar-refractivity contribution in [3.8, 4) is 11.1 Å². The predicted octanol–water partition coefficient (Wildman–Crippen LogP) is 6.27. The summed E-state index contributed by atoms with van der Waals surface area (Å²) in [7, 11) is 2.20. The van der Waals surface area contributed by atoms with Crippen molar-refractivity contribution in [1.29, 1.82) is 0 Å². The van der Waals surface area contributed by atoms with Gasteiger partial charge in [-0.1, -0.05) is 74.7 Å². The van der Waals surface area contributed by atoms with Gasteiger partial charge in [-0.25, -0.2) is 4.79 Å². The summed E-state index contributed by atoms with van der Waals surface area (Å²) in [6.07, 6.45) is 8.04. The normalized spacial score (nSPS) is 15.0. The van der Waals surface area contributed by atoms with E-state index in [0.29, 0.717) is 0 Å². The minimum atomic E-state index is -0.356. The largest absolute Gasteiger partial charge is 0.446 e. The molecule has 1 fully saturated rings. The molecular weight excluding hydrogens is 410 g/mol. The van der Waals surface area contributed by atoms with Gasteiger partial charge in [0.2, 0.25) is 0 Å². The maximum absolute atomic E-state index is 12.6. The van der Waals surface area contributed by atoms with Gasteiger partial charge >= 0.3 is 6.09 Å². The molecule has 3 rings (SSSR count). The number of nitrogens with one attached hydrogen (secondary N) is 1. The highest BCUT2D eigenvalue weighted by Crippen LogP contribution is 2.28. The zero-order valence-corrected chi connectivity index (χ0v) is 20.5. The van der Waals surface area contributed by atoms with E-state index in [0.717, 1.165) is 55.8 Å². The Morgan fingerprint density at radius 1 is 0.970 bits per heavy atom. The first-order chi connectivity index (χ1) is 16.2. The molecule has 0 bridgehead atoms. The van der Waals surface area contributed by atoms with Crippen molar-refractivity contribution in [2.75, 3.05) is 45.1 Å². The van der Waals surface area contributed by atoms with E-state index >= 15 is 0 Å². The van der Waals surface area contributed by atoms with E-state index in [1.54, 1.807) is 0 Å². The van der Waals surface area contributed by atoms with Crippen LogP contribution in [-0.2, 0) is 4.74 Å². The van der Waals surface area contributed by atoms with E-state index in [1.165, 1.54) is 38.6 Å². The maximum atomic E-state index is 12.6. The number of likely N-dealkylation sites (tertiary alicyclic amines) is 1. The zero-order valence-electron chi connectivity index (χ0n) is 20.5. The van der Waals surface area contributed by atoms with Gasteiger partial charge in [0.05, 0.1) is 5.69 Å². The minimum absolute atomic E-state index is 0.000642. The number of hydrogen-bond acceptors (Lipinski definition) is 4. The van der Waals surface area contributed by atoms with Gasteiger partial charge < -0.3 is 14.5 Å². The van der Waals surface area contributed by atoms with Crippen LogP contribution in [0.4, 0.5) is 10.5 Å². The van der Waals surface area contributed by atoms with Crippen LogP contribution >= 0.6 is 0 Å². The average Bonchev–Trinajstić information content (AvgIpc) is 2.85. The lowest BCUT2D eigenvalue weighted by Crippen LogP contribution is -2.38. The zero-order chi connectivity index (χ0) is 23.3. The van der Waals surface area contributed by atoms with Crippen LogP contribution < -0.4 is 5.32 Å². The van der Waals surface area contributed by atoms with Crippen molar-refractivity contribution in [2.24, 2.45) is 0 Å². The fraction of sp³-hybridized carbons (Fsp3) is 0.536. The second-order valence-corrected chi connectivity index (χ2v) is 9.15. The van der Waals surface area contributed by atoms with Gasteiger partial charge in [-0.15, -0.1) is 0 Å². The van der Waals surface area contributed by atoms with Gasteiger partial charge in [0.1, 0.15) is 6.10 Å². The van der Waals surface area contributed by atoms with Crippen molar-refractivity contribution in [3.63, 3.8) is 0 Å². The number of carbonyl (C=O) groups is 1. The first-order valence-corrected chi connectivity index (χ1v) is 12.7. The lowest BCUT2D eigenvalue weighted by molar-refractivity contribution is 0.0584. The molecule has 2 aromatic carbocycles. The highest BCUT2D eigenvalue weighted by Gasteiger charge is 2.22. The number of ether oxygens (including phenoxy) is 1. The predicted molar refractivity (Wildman–Crippen MR) is 138 cm³/mol. The number of hydrogen-bond donors (Lipinski definition) is 1. The van der Waals surface area contributed by atoms with E-state index in [9.17, 15) is 4.79 Å². The van der Waals surface area contributed by atoms with Crippen LogP contribution in [-0.4, -0.2) is 61.8 Å². The maximum Gasteiger partial charge on any atom is 0.411 e. The summed E-state index contributed by atoms with van der Waals surface area (Å²) in [5, 5.41) is 2.96. The number of nitrogens with zero attached hydrogens (tertiary/aromatic N) is 2. The Morgan fingerprint density at radius 3 is 2.39 bits per heavy atom. The first-order valence-electron chi connectivity index (χ1n) is 12.7. The Labute approximate surface area is 200 Å². The molecule has 0 spiro atoms. The fourth-order valence-corrected chi connectivity index (χ4v) is 4.41. The summed E-state index contributed by atoms with van der Waals surface area (Å²) in [5.74, 6) is 0. The molecular formula is C28H41N3O2. The third kappa shape index (κ3) is 8.82. The molecule has 0 radical (unpaired) electrons. The van der Waals surface area contributed by atoms with Crippen LogP contribution in [0.1, 0.15) is 51.9 Å². The highest BCUT2D eigenvalue weighted by atomic mass is 16.6. The number of rotatable bonds is 12. The van der Waals surface area contributed by atoms with Gasteiger partial charge in [0.25, 0.3) is 0 Å². The molecule has 1 amide bonds. The third-order valence-electron chi connectivity index (χ3n) is 6.61. The van der Waals surface area contributed by atoms with Crippen molar-refractivity contribution >= 4 is 11.8 Å². The number of carbonyl (C=O) groups excluding carboxylic acids is 1. The Hall–Kier alpha value is -2.37. The number of para-hydroxylation sites is 1. The molecule has 0 aromatic heterocycles. The van der Waals surface area contributed by atoms with E-state index < -0.39 is 0 Å². The van der Waals surface area contributed by atoms with Crippen LogP contribution in [0.5, 0.6) is 0 Å². The monoisotopic (exact) mass is 451 g/mol. The summed E-state index contributed by atoms with van der Waals surface area (Å²) >= 11 is 0. The Balaban J connectivity index is 1.32. The second kappa shape index (κ2) is 14.0. The van der Waals surface area contributed by atoms with Gasteiger partial charge in [0, 0.05) is 18.7 Å². The SMILES string of the molecule is CCN(C)CCCCCCCN1CCC(OC(=O)Nc2ccccc2-c2ccccc2)CC1. The molecule has 5 nitrogen and oxygen atoms in total. The molecule has 1 heterocycles. The lowest BCUT2D eigenvalue weighted by Gasteiger charge is -2.31. The van der Waals surface area contributed by atoms with Crippen molar-refractivity contribution in [2.45, 2.75) is 58.0 Å². The number of anilines is 1. The van der Waals surface area contributed by atoms with Crippen molar-refractivity contribution in [1.82, 2.24) is 9.80 Å². The van der Waals surface area contributed by atoms with Crippen LogP contribution in [0.25, 0.3) is 11.1 Å². The van der Waals surface area contributed by atoms with Crippen molar-refractivity contribution < 1.29 is 9.53 Å². The van der Waals surface area contributed by atoms with Crippen LogP contribution in [0.2, 0.25) is 0 Å². The molecule has 1 N–H and O–H groups in total. The van der Waals surface area contributed by atoms with E-state index in [4.69, 9.17) is 4.74 Å². The molecule has 1 aliphatic heterocycles. The lowest BCUT2D eigenvalue weighted by atomic mass is 10.0. The first kappa shape index (κ1) is 25.3. The summed E-state index contributed by atoms with van der Waals surface area (Å²) in [6.45, 7) is 7.77. The fourth-order valence-electron chi connectivity index (χ4n) is 4.41. The molecule has 2 aromatic rings. The van der Waals surface area contributed by atoms with Gasteiger partial charge in [-0.05, 0) is 64.0 Å². The Kier molecular flexibility index (Phi) is 10.7. The molecule has 0 unspecified atom stereocenters. The molecule has 33 heavy (non-hydrogen) atoms. The number of benzene rings is 2. The quantitative estimate of drug-likeness (QED) is 0.386. The van der Waals surface area contributed by atoms with Crippen LogP contribution in [0, 0.1) is 0 Å². The molecule has 0 aliphatic carbocycles. The molecule has 0 atom stereocenters. The molecule has 1 aliphatic rings. The smallest absolute Gasteiger partial charge is 0.411 e. The molecule has 180 valence electrons. The third-order valence-corrected chi connectivity index (χ3v) is 6.61. The second-order valence-electron chi connectivity index (χ2n) is 9.15. The summed E-state index contributed by atoms with van der Waals surface area (Å²) in [4.78, 5) is 17.5. The topological polar surface area (TPSA) is 44.8 Å². The Morgan fingerprint density at radius 2 is 1.64 bits per heavy atom. The van der Waals surface area contributed by atoms with Crippen molar-refractivity contribution in [3.05, 3.63) is 54.6 Å². The molecule has 1 saturated heterocycles. The average molecular weight is 452 g/mol. The summed E-state index contributed by atoms with van der Waals surface area (Å²) in [5.41, 5.74) is 2.87. The van der Waals surface area contributed by atoms with Crippen LogP contribution in [0.15, 0.2) is 54.6 Å². The van der Waals surface area contributed by atoms with Gasteiger partial charge in [0.15, 0.2) is 0 Å². The molecule has 0 saturated carbocycles. The minimum Gasteiger partial charge on any atom is -0.446 e. The van der Waals surface area contributed by atoms with E-state index in [-0.39, 0.29) is 12.2 Å². The van der Waals surface area contributed by atoms with E-state index in [1.807, 2.05) is 54.6 Å².